The molecule has 2 aliphatic rings. The summed E-state index contributed by atoms with van der Waals surface area (Å²) in [5, 5.41) is 9.68. The molecular weight excluding hydrogens is 362 g/mol. The summed E-state index contributed by atoms with van der Waals surface area (Å²) in [6, 6.07) is 0. The van der Waals surface area contributed by atoms with Gasteiger partial charge < -0.3 is 9.47 Å². The van der Waals surface area contributed by atoms with Crippen molar-refractivity contribution in [2.45, 2.75) is 83.3 Å². The number of amides is 1. The van der Waals surface area contributed by atoms with Gasteiger partial charge in [0.15, 0.2) is 0 Å². The highest BCUT2D eigenvalue weighted by atomic mass is 32.2. The molecule has 6 heteroatoms. The zero-order valence-electron chi connectivity index (χ0n) is 17.2. The maximum Gasteiger partial charge on any atom is 0.245 e. The van der Waals surface area contributed by atoms with Gasteiger partial charge in [-0.05, 0) is 61.9 Å². The summed E-state index contributed by atoms with van der Waals surface area (Å²) in [7, 11) is 1.36. The molecule has 0 saturated carbocycles. The molecule has 158 valence electrons. The molecule has 2 saturated heterocycles. The Morgan fingerprint density at radius 2 is 1.81 bits per heavy atom. The van der Waals surface area contributed by atoms with Crippen LogP contribution in [-0.4, -0.2) is 60.2 Å². The number of nitrogens with zero attached hydrogens (tertiary/aromatic N) is 1. The highest BCUT2D eigenvalue weighted by Crippen LogP contribution is 2.46. The third-order valence-electron chi connectivity index (χ3n) is 5.96. The number of hydrogen-bond acceptors (Lipinski definition) is 5. The molecule has 1 amide bonds. The van der Waals surface area contributed by atoms with Crippen LogP contribution in [0.4, 0.5) is 0 Å². The molecule has 5 nitrogen and oxygen atoms in total. The molecule has 4 atom stereocenters. The van der Waals surface area contributed by atoms with Crippen molar-refractivity contribution in [1.29, 1.82) is 0 Å². The molecule has 2 rings (SSSR count). The van der Waals surface area contributed by atoms with Crippen molar-refractivity contribution in [3.05, 3.63) is 0 Å². The second-order valence-electron chi connectivity index (χ2n) is 8.00. The smallest absolute Gasteiger partial charge is 0.245 e. The fraction of sp³-hybridized carbons (Fsp3) is 0.952. The molecule has 0 spiro atoms. The van der Waals surface area contributed by atoms with E-state index in [1.54, 1.807) is 0 Å². The first-order chi connectivity index (χ1) is 13.1. The summed E-state index contributed by atoms with van der Waals surface area (Å²) in [6.07, 6.45) is 12.1. The van der Waals surface area contributed by atoms with E-state index < -0.39 is 0 Å². The molecule has 2 bridgehead atoms. The molecule has 2 aliphatic heterocycles. The van der Waals surface area contributed by atoms with Crippen molar-refractivity contribution in [2.24, 2.45) is 11.8 Å². The van der Waals surface area contributed by atoms with Crippen molar-refractivity contribution in [1.82, 2.24) is 5.06 Å². The van der Waals surface area contributed by atoms with Crippen LogP contribution in [0.2, 0.25) is 0 Å². The molecule has 0 aliphatic carbocycles. The number of thioether (sulfide) groups is 1. The van der Waals surface area contributed by atoms with Gasteiger partial charge in [0.25, 0.3) is 0 Å². The van der Waals surface area contributed by atoms with E-state index in [0.29, 0.717) is 48.6 Å². The number of carbonyl (C=O) groups is 1. The Bertz CT molecular complexity index is 421. The van der Waals surface area contributed by atoms with E-state index in [0.717, 1.165) is 13.0 Å². The molecule has 27 heavy (non-hydrogen) atoms. The van der Waals surface area contributed by atoms with Crippen LogP contribution < -0.4 is 0 Å². The summed E-state index contributed by atoms with van der Waals surface area (Å²) in [6.45, 7) is 3.60. The molecule has 2 heterocycles. The molecule has 0 radical (unpaired) electrons. The van der Waals surface area contributed by atoms with E-state index in [2.05, 4.69) is 18.7 Å². The summed E-state index contributed by atoms with van der Waals surface area (Å²) in [5.74, 6) is 3.66. The number of rotatable bonds is 15. The Kier molecular flexibility index (Phi) is 11.1. The van der Waals surface area contributed by atoms with E-state index in [-0.39, 0.29) is 5.91 Å². The number of fused-ring (bicyclic) bond motifs is 2. The van der Waals surface area contributed by atoms with Crippen molar-refractivity contribution in [3.63, 3.8) is 0 Å². The molecule has 0 unspecified atom stereocenters. The highest BCUT2D eigenvalue weighted by molar-refractivity contribution is 7.99. The predicted molar refractivity (Wildman–Crippen MR) is 110 cm³/mol. The average Bonchev–Trinajstić information content (AvgIpc) is 3.25. The van der Waals surface area contributed by atoms with Gasteiger partial charge in [0.1, 0.15) is 0 Å². The summed E-state index contributed by atoms with van der Waals surface area (Å²) >= 11 is 2.12. The lowest BCUT2D eigenvalue weighted by Gasteiger charge is -2.28. The van der Waals surface area contributed by atoms with Gasteiger partial charge in [-0.3, -0.25) is 10.0 Å². The Labute approximate surface area is 169 Å². The fourth-order valence-electron chi connectivity index (χ4n) is 4.43. The Morgan fingerprint density at radius 3 is 2.52 bits per heavy atom. The van der Waals surface area contributed by atoms with Crippen LogP contribution in [0.3, 0.4) is 0 Å². The van der Waals surface area contributed by atoms with Gasteiger partial charge in [-0.15, -0.1) is 0 Å². The first-order valence-corrected chi connectivity index (χ1v) is 12.0. The number of hydrogen-bond donors (Lipinski definition) is 1. The van der Waals surface area contributed by atoms with Crippen LogP contribution in [0, 0.1) is 11.8 Å². The molecule has 0 aromatic heterocycles. The third kappa shape index (κ3) is 7.92. The van der Waals surface area contributed by atoms with Crippen LogP contribution in [0.1, 0.15) is 71.1 Å². The topological polar surface area (TPSA) is 59.0 Å². The maximum atomic E-state index is 11.3. The lowest BCUT2D eigenvalue weighted by Crippen LogP contribution is -2.29. The van der Waals surface area contributed by atoms with Gasteiger partial charge >= 0.3 is 0 Å². The molecule has 0 aromatic rings. The largest absolute Gasteiger partial charge is 0.381 e. The number of hydroxylamine groups is 2. The second kappa shape index (κ2) is 13.0. The normalized spacial score (nSPS) is 26.6. The standard InChI is InChI=1S/C21H39NO4S/c1-3-4-5-6-15-27-16-12-18-17(19-9-10-20(18)26-19)11-14-25-13-7-8-21(23)22(2)24/h17-20,24H,3-16H2,1-2H3/t17-,18+,19-,20+/m1/s1. The zero-order chi connectivity index (χ0) is 19.5. The van der Waals surface area contributed by atoms with E-state index in [1.807, 2.05) is 0 Å². The van der Waals surface area contributed by atoms with Crippen LogP contribution in [0.25, 0.3) is 0 Å². The SMILES string of the molecule is CCCCCCSCC[C@H]1[C@@H](CCOCCCC(=O)N(C)O)[C@H]2CC[C@@H]1O2. The van der Waals surface area contributed by atoms with Crippen LogP contribution in [0.5, 0.6) is 0 Å². The Hall–Kier alpha value is -0.300. The van der Waals surface area contributed by atoms with Gasteiger partial charge in [0.2, 0.25) is 5.91 Å². The summed E-state index contributed by atoms with van der Waals surface area (Å²) < 4.78 is 12.0. The molecule has 0 aromatic carbocycles. The zero-order valence-corrected chi connectivity index (χ0v) is 18.1. The van der Waals surface area contributed by atoms with Crippen molar-refractivity contribution >= 4 is 17.7 Å². The fourth-order valence-corrected chi connectivity index (χ4v) is 5.48. The van der Waals surface area contributed by atoms with Gasteiger partial charge in [-0.2, -0.15) is 11.8 Å². The average molecular weight is 402 g/mol. The number of ether oxygens (including phenoxy) is 2. The third-order valence-corrected chi connectivity index (χ3v) is 7.07. The monoisotopic (exact) mass is 401 g/mol. The van der Waals surface area contributed by atoms with Crippen molar-refractivity contribution in [3.8, 4) is 0 Å². The first-order valence-electron chi connectivity index (χ1n) is 10.9. The van der Waals surface area contributed by atoms with Crippen molar-refractivity contribution in [2.75, 3.05) is 31.8 Å². The van der Waals surface area contributed by atoms with Crippen LogP contribution in [-0.2, 0) is 14.3 Å². The maximum absolute atomic E-state index is 11.3. The van der Waals surface area contributed by atoms with Gasteiger partial charge in [0, 0.05) is 26.7 Å². The molecule has 2 fully saturated rings. The summed E-state index contributed by atoms with van der Waals surface area (Å²) in [4.78, 5) is 11.3. The number of unbranched alkanes of at least 4 members (excludes halogenated alkanes) is 3. The Balaban J connectivity index is 1.56. The number of carbonyl (C=O) groups excluding carboxylic acids is 1. The highest BCUT2D eigenvalue weighted by Gasteiger charge is 2.47. The minimum Gasteiger partial charge on any atom is -0.381 e. The minimum absolute atomic E-state index is 0.257. The van der Waals surface area contributed by atoms with E-state index in [9.17, 15) is 4.79 Å². The van der Waals surface area contributed by atoms with Crippen LogP contribution in [0.15, 0.2) is 0 Å². The van der Waals surface area contributed by atoms with Gasteiger partial charge in [-0.25, -0.2) is 5.06 Å². The lowest BCUT2D eigenvalue weighted by molar-refractivity contribution is -0.159. The molecular formula is C21H39NO4S. The van der Waals surface area contributed by atoms with Crippen molar-refractivity contribution < 1.29 is 19.5 Å². The van der Waals surface area contributed by atoms with E-state index in [4.69, 9.17) is 14.7 Å². The Morgan fingerprint density at radius 1 is 1.07 bits per heavy atom. The van der Waals surface area contributed by atoms with Gasteiger partial charge in [-0.1, -0.05) is 26.2 Å². The molecule has 1 N–H and O–H groups in total. The van der Waals surface area contributed by atoms with Crippen LogP contribution >= 0.6 is 11.8 Å². The quantitative estimate of drug-likeness (QED) is 0.248. The second-order valence-corrected chi connectivity index (χ2v) is 9.23. The van der Waals surface area contributed by atoms with E-state index >= 15 is 0 Å². The van der Waals surface area contributed by atoms with E-state index in [1.165, 1.54) is 63.5 Å². The minimum atomic E-state index is -0.257. The predicted octanol–water partition coefficient (Wildman–Crippen LogP) is 4.52. The lowest BCUT2D eigenvalue weighted by atomic mass is 9.76. The van der Waals surface area contributed by atoms with Gasteiger partial charge in [0.05, 0.1) is 12.2 Å². The summed E-state index contributed by atoms with van der Waals surface area (Å²) in [5.41, 5.74) is 0. The first kappa shape index (κ1) is 23.0.